The van der Waals surface area contributed by atoms with Crippen LogP contribution in [0.15, 0.2) is 65.9 Å². The lowest BCUT2D eigenvalue weighted by molar-refractivity contribution is -0.139. The number of hydrogen-bond acceptors (Lipinski definition) is 6. The average Bonchev–Trinajstić information content (AvgIpc) is 2.85. The Bertz CT molecular complexity index is 1030. The maximum absolute atomic E-state index is 13.0. The van der Waals surface area contributed by atoms with Crippen molar-refractivity contribution in [3.63, 3.8) is 0 Å². The molecule has 1 saturated heterocycles. The van der Waals surface area contributed by atoms with E-state index in [-0.39, 0.29) is 12.6 Å². The summed E-state index contributed by atoms with van der Waals surface area (Å²) in [4.78, 5) is 30.0. The van der Waals surface area contributed by atoms with Gasteiger partial charge in [-0.3, -0.25) is 4.90 Å². The quantitative estimate of drug-likeness (QED) is 0.585. The molecule has 0 saturated carbocycles. The minimum atomic E-state index is -0.552. The highest BCUT2D eigenvalue weighted by atomic mass is 16.5. The number of ether oxygens (including phenoxy) is 2. The SMILES string of the molecule is CCOC(=O)C1=C(CN2CCN(c3ccccc3OCC)CC2)NC(=O)N[C@H]1c1ccccc1. The van der Waals surface area contributed by atoms with Gasteiger partial charge in [0.2, 0.25) is 0 Å². The lowest BCUT2D eigenvalue weighted by atomic mass is 9.95. The first-order valence-corrected chi connectivity index (χ1v) is 11.8. The van der Waals surface area contributed by atoms with Crippen molar-refractivity contribution in [2.75, 3.05) is 50.8 Å². The molecule has 8 nitrogen and oxygen atoms in total. The van der Waals surface area contributed by atoms with Crippen molar-refractivity contribution in [2.45, 2.75) is 19.9 Å². The molecule has 180 valence electrons. The van der Waals surface area contributed by atoms with Gasteiger partial charge in [-0.1, -0.05) is 42.5 Å². The number of esters is 1. The van der Waals surface area contributed by atoms with Gasteiger partial charge < -0.3 is 25.0 Å². The molecule has 2 aliphatic heterocycles. The molecule has 0 radical (unpaired) electrons. The molecule has 2 aromatic rings. The number of amides is 2. The molecule has 2 heterocycles. The summed E-state index contributed by atoms with van der Waals surface area (Å²) in [6.07, 6.45) is 0. The predicted molar refractivity (Wildman–Crippen MR) is 131 cm³/mol. The highest BCUT2D eigenvalue weighted by Gasteiger charge is 2.34. The van der Waals surface area contributed by atoms with Crippen LogP contribution in [0.3, 0.4) is 0 Å². The Balaban J connectivity index is 1.53. The summed E-state index contributed by atoms with van der Waals surface area (Å²) < 4.78 is 11.2. The molecule has 4 rings (SSSR count). The van der Waals surface area contributed by atoms with Gasteiger partial charge in [0.1, 0.15) is 5.75 Å². The molecule has 2 amide bonds. The maximum Gasteiger partial charge on any atom is 0.338 e. The zero-order valence-corrected chi connectivity index (χ0v) is 19.8. The van der Waals surface area contributed by atoms with Crippen molar-refractivity contribution in [1.29, 1.82) is 0 Å². The molecule has 1 fully saturated rings. The molecular formula is C26H32N4O4. The summed E-state index contributed by atoms with van der Waals surface area (Å²) in [5.41, 5.74) is 2.99. The topological polar surface area (TPSA) is 83.1 Å². The summed E-state index contributed by atoms with van der Waals surface area (Å²) in [5, 5.41) is 5.76. The molecule has 8 heteroatoms. The summed E-state index contributed by atoms with van der Waals surface area (Å²) in [6, 6.07) is 16.7. The molecule has 0 aliphatic carbocycles. The van der Waals surface area contributed by atoms with Crippen LogP contribution in [0.2, 0.25) is 0 Å². The van der Waals surface area contributed by atoms with E-state index >= 15 is 0 Å². The van der Waals surface area contributed by atoms with Crippen LogP contribution in [0.5, 0.6) is 5.75 Å². The third kappa shape index (κ3) is 5.34. The third-order valence-electron chi connectivity index (χ3n) is 6.04. The summed E-state index contributed by atoms with van der Waals surface area (Å²) in [5.74, 6) is 0.477. The van der Waals surface area contributed by atoms with Crippen molar-refractivity contribution in [3.8, 4) is 5.75 Å². The molecular weight excluding hydrogens is 432 g/mol. The van der Waals surface area contributed by atoms with Gasteiger partial charge in [-0.15, -0.1) is 0 Å². The van der Waals surface area contributed by atoms with E-state index in [0.717, 1.165) is 43.2 Å². The molecule has 2 N–H and O–H groups in total. The van der Waals surface area contributed by atoms with Crippen LogP contribution >= 0.6 is 0 Å². The number of nitrogens with zero attached hydrogens (tertiary/aromatic N) is 2. The highest BCUT2D eigenvalue weighted by Crippen LogP contribution is 2.30. The van der Waals surface area contributed by atoms with Crippen LogP contribution in [0.25, 0.3) is 0 Å². The van der Waals surface area contributed by atoms with E-state index in [1.807, 2.05) is 55.5 Å². The van der Waals surface area contributed by atoms with Crippen LogP contribution in [-0.2, 0) is 9.53 Å². The number of anilines is 1. The fourth-order valence-electron chi connectivity index (χ4n) is 4.45. The molecule has 0 spiro atoms. The zero-order chi connectivity index (χ0) is 23.9. The van der Waals surface area contributed by atoms with Crippen LogP contribution in [0.1, 0.15) is 25.5 Å². The van der Waals surface area contributed by atoms with Crippen molar-refractivity contribution in [3.05, 3.63) is 71.4 Å². The van der Waals surface area contributed by atoms with Crippen molar-refractivity contribution in [2.24, 2.45) is 0 Å². The molecule has 0 aromatic heterocycles. The molecule has 34 heavy (non-hydrogen) atoms. The minimum Gasteiger partial charge on any atom is -0.492 e. The van der Waals surface area contributed by atoms with Gasteiger partial charge in [0.05, 0.1) is 30.5 Å². The van der Waals surface area contributed by atoms with Gasteiger partial charge in [-0.2, -0.15) is 0 Å². The van der Waals surface area contributed by atoms with Crippen LogP contribution < -0.4 is 20.3 Å². The average molecular weight is 465 g/mol. The molecule has 0 bridgehead atoms. The molecule has 0 unspecified atom stereocenters. The van der Waals surface area contributed by atoms with E-state index in [9.17, 15) is 9.59 Å². The summed E-state index contributed by atoms with van der Waals surface area (Å²) in [7, 11) is 0. The summed E-state index contributed by atoms with van der Waals surface area (Å²) in [6.45, 7) is 8.34. The zero-order valence-electron chi connectivity index (χ0n) is 19.8. The normalized spacial score (nSPS) is 18.8. The first kappa shape index (κ1) is 23.6. The minimum absolute atomic E-state index is 0.267. The van der Waals surface area contributed by atoms with Crippen LogP contribution in [0, 0.1) is 0 Å². The van der Waals surface area contributed by atoms with Crippen LogP contribution in [-0.4, -0.2) is 62.8 Å². The van der Waals surface area contributed by atoms with Crippen molar-refractivity contribution < 1.29 is 19.1 Å². The number of carbonyl (C=O) groups excluding carboxylic acids is 2. The number of rotatable bonds is 8. The Morgan fingerprint density at radius 1 is 0.971 bits per heavy atom. The fourth-order valence-corrected chi connectivity index (χ4v) is 4.45. The van der Waals surface area contributed by atoms with Crippen LogP contribution in [0.4, 0.5) is 10.5 Å². The number of benzene rings is 2. The molecule has 1 atom stereocenters. The smallest absolute Gasteiger partial charge is 0.338 e. The number of piperazine rings is 1. The van der Waals surface area contributed by atoms with Gasteiger partial charge in [0.15, 0.2) is 0 Å². The second-order valence-electron chi connectivity index (χ2n) is 8.22. The van der Waals surface area contributed by atoms with Gasteiger partial charge in [-0.25, -0.2) is 9.59 Å². The summed E-state index contributed by atoms with van der Waals surface area (Å²) >= 11 is 0. The number of carbonyl (C=O) groups is 2. The number of hydrogen-bond donors (Lipinski definition) is 2. The maximum atomic E-state index is 13.0. The first-order chi connectivity index (χ1) is 16.6. The lowest BCUT2D eigenvalue weighted by Crippen LogP contribution is -2.51. The Labute approximate surface area is 200 Å². The lowest BCUT2D eigenvalue weighted by Gasteiger charge is -2.38. The monoisotopic (exact) mass is 464 g/mol. The number of para-hydroxylation sites is 2. The Hall–Kier alpha value is -3.52. The highest BCUT2D eigenvalue weighted by molar-refractivity contribution is 5.95. The standard InChI is InChI=1S/C26H32N4O4/c1-3-33-22-13-9-8-12-21(22)30-16-14-29(15-17-30)18-20-23(25(31)34-4-2)24(28-26(32)27-20)19-10-6-5-7-11-19/h5-13,24H,3-4,14-18H2,1-2H3,(H2,27,28,32)/t24-/m0/s1. The Morgan fingerprint density at radius 2 is 1.68 bits per heavy atom. The van der Waals surface area contributed by atoms with Crippen molar-refractivity contribution >= 4 is 17.7 Å². The number of nitrogens with one attached hydrogen (secondary N) is 2. The van der Waals surface area contributed by atoms with Gasteiger partial charge in [-0.05, 0) is 31.5 Å². The second kappa shape index (κ2) is 11.1. The van der Waals surface area contributed by atoms with E-state index in [2.05, 4.69) is 26.5 Å². The Kier molecular flexibility index (Phi) is 7.69. The van der Waals surface area contributed by atoms with E-state index < -0.39 is 12.0 Å². The third-order valence-corrected chi connectivity index (χ3v) is 6.04. The van der Waals surface area contributed by atoms with Gasteiger partial charge >= 0.3 is 12.0 Å². The van der Waals surface area contributed by atoms with E-state index in [1.54, 1.807) is 6.92 Å². The van der Waals surface area contributed by atoms with Gasteiger partial charge in [0, 0.05) is 38.4 Å². The molecule has 2 aromatic carbocycles. The van der Waals surface area contributed by atoms with E-state index in [4.69, 9.17) is 9.47 Å². The predicted octanol–water partition coefficient (Wildman–Crippen LogP) is 3.08. The van der Waals surface area contributed by atoms with E-state index in [0.29, 0.717) is 24.4 Å². The number of urea groups is 1. The van der Waals surface area contributed by atoms with E-state index in [1.165, 1.54) is 0 Å². The second-order valence-corrected chi connectivity index (χ2v) is 8.22. The van der Waals surface area contributed by atoms with Crippen molar-refractivity contribution in [1.82, 2.24) is 15.5 Å². The first-order valence-electron chi connectivity index (χ1n) is 11.8. The Morgan fingerprint density at radius 3 is 2.38 bits per heavy atom. The largest absolute Gasteiger partial charge is 0.492 e. The fraction of sp³-hybridized carbons (Fsp3) is 0.385. The van der Waals surface area contributed by atoms with Gasteiger partial charge in [0.25, 0.3) is 0 Å². The molecule has 2 aliphatic rings.